The first-order valence-electron chi connectivity index (χ1n) is 7.60. The molecule has 21 heavy (non-hydrogen) atoms. The van der Waals surface area contributed by atoms with E-state index in [0.717, 1.165) is 24.2 Å². The summed E-state index contributed by atoms with van der Waals surface area (Å²) < 4.78 is 0. The lowest BCUT2D eigenvalue weighted by Gasteiger charge is -2.35. The Labute approximate surface area is 123 Å². The van der Waals surface area contributed by atoms with Gasteiger partial charge in [-0.3, -0.25) is 0 Å². The maximum atomic E-state index is 9.45. The lowest BCUT2D eigenvalue weighted by atomic mass is 9.94. The molecule has 1 aliphatic carbocycles. The molecule has 0 saturated heterocycles. The van der Waals surface area contributed by atoms with Gasteiger partial charge in [-0.25, -0.2) is 4.98 Å². The molecule has 1 saturated carbocycles. The summed E-state index contributed by atoms with van der Waals surface area (Å²) in [5, 5.41) is 12.4. The van der Waals surface area contributed by atoms with Crippen molar-refractivity contribution in [2.45, 2.75) is 38.1 Å². The van der Waals surface area contributed by atoms with E-state index in [9.17, 15) is 5.11 Å². The molecule has 1 aliphatic rings. The van der Waals surface area contributed by atoms with Crippen molar-refractivity contribution in [3.63, 3.8) is 0 Å². The van der Waals surface area contributed by atoms with Crippen LogP contribution in [-0.2, 0) is 0 Å². The van der Waals surface area contributed by atoms with Gasteiger partial charge in [0.2, 0.25) is 5.95 Å². The number of nitrogens with one attached hydrogen (secondary N) is 2. The first-order chi connectivity index (χ1) is 10.3. The van der Waals surface area contributed by atoms with E-state index < -0.39 is 0 Å². The summed E-state index contributed by atoms with van der Waals surface area (Å²) in [5.74, 6) is 1.39. The highest BCUT2D eigenvalue weighted by molar-refractivity contribution is 5.84. The van der Waals surface area contributed by atoms with Gasteiger partial charge in [-0.15, -0.1) is 0 Å². The van der Waals surface area contributed by atoms with E-state index in [1.165, 1.54) is 19.3 Å². The van der Waals surface area contributed by atoms with Crippen LogP contribution in [0.4, 0.5) is 11.8 Å². The van der Waals surface area contributed by atoms with Crippen LogP contribution in [-0.4, -0.2) is 51.3 Å². The Morgan fingerprint density at radius 3 is 2.86 bits per heavy atom. The molecule has 0 amide bonds. The molecule has 0 bridgehead atoms. The Morgan fingerprint density at radius 2 is 2.14 bits per heavy atom. The van der Waals surface area contributed by atoms with Gasteiger partial charge in [-0.05, 0) is 12.8 Å². The molecule has 0 radical (unpaired) electrons. The molecule has 3 N–H and O–H groups in total. The zero-order valence-corrected chi connectivity index (χ0v) is 12.3. The minimum Gasteiger partial charge on any atom is -0.395 e. The first-order valence-corrected chi connectivity index (χ1v) is 7.60. The van der Waals surface area contributed by atoms with E-state index in [-0.39, 0.29) is 6.61 Å². The highest BCUT2D eigenvalue weighted by Crippen LogP contribution is 2.30. The summed E-state index contributed by atoms with van der Waals surface area (Å²) in [6, 6.07) is 0.428. The van der Waals surface area contributed by atoms with Crippen LogP contribution in [0.2, 0.25) is 0 Å². The summed E-state index contributed by atoms with van der Waals surface area (Å²) in [5.41, 5.74) is 1.50. The van der Waals surface area contributed by atoms with Gasteiger partial charge in [0.25, 0.3) is 0 Å². The van der Waals surface area contributed by atoms with Crippen LogP contribution in [0.15, 0.2) is 6.33 Å². The lowest BCUT2D eigenvalue weighted by molar-refractivity contribution is 0.289. The van der Waals surface area contributed by atoms with Crippen molar-refractivity contribution in [1.82, 2.24) is 19.9 Å². The second-order valence-corrected chi connectivity index (χ2v) is 5.43. The predicted octanol–water partition coefficient (Wildman–Crippen LogP) is 1.53. The van der Waals surface area contributed by atoms with Gasteiger partial charge in [0.1, 0.15) is 5.52 Å². The van der Waals surface area contributed by atoms with Gasteiger partial charge in [-0.2, -0.15) is 9.97 Å². The maximum Gasteiger partial charge on any atom is 0.226 e. The second kappa shape index (κ2) is 6.26. The van der Waals surface area contributed by atoms with E-state index in [0.29, 0.717) is 24.2 Å². The molecule has 2 aromatic heterocycles. The van der Waals surface area contributed by atoms with Crippen LogP contribution in [0.5, 0.6) is 0 Å². The number of aromatic amines is 1. The standard InChI is InChI=1S/C14H22N6O/c1-15-14-18-12-11(16-9-17-12)13(19-14)20(7-8-21)10-5-3-2-4-6-10/h9-10,21H,2-8H2,1H3,(H2,15,16,17,18,19). The Kier molecular flexibility index (Phi) is 4.19. The molecule has 0 aromatic carbocycles. The quantitative estimate of drug-likeness (QED) is 0.773. The van der Waals surface area contributed by atoms with Gasteiger partial charge in [0.15, 0.2) is 11.5 Å². The molecule has 114 valence electrons. The van der Waals surface area contributed by atoms with Gasteiger partial charge in [-0.1, -0.05) is 19.3 Å². The van der Waals surface area contributed by atoms with Crippen LogP contribution in [0, 0.1) is 0 Å². The van der Waals surface area contributed by atoms with Crippen molar-refractivity contribution in [2.75, 3.05) is 30.4 Å². The third-order valence-electron chi connectivity index (χ3n) is 4.12. The monoisotopic (exact) mass is 290 g/mol. The Balaban J connectivity index is 2.02. The number of aromatic nitrogens is 4. The number of fused-ring (bicyclic) bond motifs is 1. The van der Waals surface area contributed by atoms with Crippen LogP contribution in [0.25, 0.3) is 11.2 Å². The fraction of sp³-hybridized carbons (Fsp3) is 0.643. The minimum absolute atomic E-state index is 0.116. The number of aliphatic hydroxyl groups excluding tert-OH is 1. The van der Waals surface area contributed by atoms with Crippen LogP contribution in [0.3, 0.4) is 0 Å². The molecule has 0 unspecified atom stereocenters. The normalized spacial score (nSPS) is 16.3. The number of nitrogens with zero attached hydrogens (tertiary/aromatic N) is 4. The van der Waals surface area contributed by atoms with E-state index in [1.54, 1.807) is 13.4 Å². The van der Waals surface area contributed by atoms with Crippen molar-refractivity contribution in [1.29, 1.82) is 0 Å². The molecule has 1 fully saturated rings. The SMILES string of the molecule is CNc1nc(N(CCO)C2CCCCC2)c2[nH]cnc2n1. The molecule has 7 heteroatoms. The molecule has 2 heterocycles. The van der Waals surface area contributed by atoms with Crippen LogP contribution >= 0.6 is 0 Å². The topological polar surface area (TPSA) is 90.0 Å². The van der Waals surface area contributed by atoms with Crippen LogP contribution in [0.1, 0.15) is 32.1 Å². The number of rotatable bonds is 5. The van der Waals surface area contributed by atoms with E-state index in [4.69, 9.17) is 0 Å². The molecule has 2 aromatic rings. The van der Waals surface area contributed by atoms with Crippen molar-refractivity contribution >= 4 is 22.9 Å². The number of hydrogen-bond donors (Lipinski definition) is 3. The smallest absolute Gasteiger partial charge is 0.226 e. The lowest BCUT2D eigenvalue weighted by Crippen LogP contribution is -2.39. The molecule has 3 rings (SSSR count). The largest absolute Gasteiger partial charge is 0.395 e. The number of H-pyrrole nitrogens is 1. The van der Waals surface area contributed by atoms with Crippen molar-refractivity contribution < 1.29 is 5.11 Å². The molecule has 0 spiro atoms. The zero-order chi connectivity index (χ0) is 14.7. The molecule has 7 nitrogen and oxygen atoms in total. The third kappa shape index (κ3) is 2.78. The minimum atomic E-state index is 0.116. The molecule has 0 aliphatic heterocycles. The Hall–Kier alpha value is -1.89. The highest BCUT2D eigenvalue weighted by Gasteiger charge is 2.25. The van der Waals surface area contributed by atoms with Gasteiger partial charge < -0.3 is 20.3 Å². The van der Waals surface area contributed by atoms with Gasteiger partial charge in [0, 0.05) is 19.6 Å². The second-order valence-electron chi connectivity index (χ2n) is 5.43. The Bertz CT molecular complexity index is 592. The van der Waals surface area contributed by atoms with E-state index >= 15 is 0 Å². The summed E-state index contributed by atoms with van der Waals surface area (Å²) in [4.78, 5) is 18.5. The van der Waals surface area contributed by atoms with Crippen LogP contribution < -0.4 is 10.2 Å². The van der Waals surface area contributed by atoms with Crippen molar-refractivity contribution in [3.05, 3.63) is 6.33 Å². The molecular weight excluding hydrogens is 268 g/mol. The number of imidazole rings is 1. The van der Waals surface area contributed by atoms with Gasteiger partial charge in [0.05, 0.1) is 12.9 Å². The molecular formula is C14H22N6O. The highest BCUT2D eigenvalue weighted by atomic mass is 16.3. The van der Waals surface area contributed by atoms with E-state index in [1.807, 2.05) is 0 Å². The number of aliphatic hydroxyl groups is 1. The van der Waals surface area contributed by atoms with Crippen molar-refractivity contribution in [2.24, 2.45) is 0 Å². The number of anilines is 2. The molecule has 0 atom stereocenters. The zero-order valence-electron chi connectivity index (χ0n) is 12.3. The third-order valence-corrected chi connectivity index (χ3v) is 4.12. The summed E-state index contributed by atoms with van der Waals surface area (Å²) in [6.45, 7) is 0.698. The Morgan fingerprint density at radius 1 is 1.33 bits per heavy atom. The predicted molar refractivity (Wildman–Crippen MR) is 82.5 cm³/mol. The van der Waals surface area contributed by atoms with Gasteiger partial charge >= 0.3 is 0 Å². The maximum absolute atomic E-state index is 9.45. The summed E-state index contributed by atoms with van der Waals surface area (Å²) >= 11 is 0. The fourth-order valence-corrected chi connectivity index (χ4v) is 3.10. The summed E-state index contributed by atoms with van der Waals surface area (Å²) in [7, 11) is 1.80. The number of hydrogen-bond acceptors (Lipinski definition) is 6. The first kappa shape index (κ1) is 14.1. The van der Waals surface area contributed by atoms with Crippen molar-refractivity contribution in [3.8, 4) is 0 Å². The summed E-state index contributed by atoms with van der Waals surface area (Å²) in [6.07, 6.45) is 7.71. The average molecular weight is 290 g/mol. The average Bonchev–Trinajstić information content (AvgIpc) is 3.01. The van der Waals surface area contributed by atoms with E-state index in [2.05, 4.69) is 30.2 Å². The fourth-order valence-electron chi connectivity index (χ4n) is 3.10.